The highest BCUT2D eigenvalue weighted by atomic mass is 35.5. The lowest BCUT2D eigenvalue weighted by molar-refractivity contribution is -0.121. The fourth-order valence-corrected chi connectivity index (χ4v) is 3.48. The number of hydrogen-bond donors (Lipinski definition) is 0. The first-order valence-corrected chi connectivity index (χ1v) is 8.17. The van der Waals surface area contributed by atoms with Crippen LogP contribution in [0, 0.1) is 5.82 Å². The molecule has 2 aliphatic heterocycles. The van der Waals surface area contributed by atoms with Crippen molar-refractivity contribution in [1.29, 1.82) is 0 Å². The molecular weight excluding hydrogens is 342 g/mol. The standard InChI is InChI=1S/C16H15Cl2FN2O2/c1-9-4-2-3-7-20(9)14-13(18)15(22)21(16(14)23)10-5-6-12(19)11(17)8-10/h5-6,8-9H,2-4,7H2,1H3. The summed E-state index contributed by atoms with van der Waals surface area (Å²) < 4.78 is 13.3. The second kappa shape index (κ2) is 6.13. The molecule has 3 rings (SSSR count). The van der Waals surface area contributed by atoms with Crippen LogP contribution in [0.25, 0.3) is 0 Å². The summed E-state index contributed by atoms with van der Waals surface area (Å²) in [6, 6.07) is 3.85. The zero-order valence-electron chi connectivity index (χ0n) is 12.5. The summed E-state index contributed by atoms with van der Waals surface area (Å²) in [7, 11) is 0. The first-order chi connectivity index (χ1) is 10.9. The van der Waals surface area contributed by atoms with E-state index in [0.29, 0.717) is 6.54 Å². The van der Waals surface area contributed by atoms with Gasteiger partial charge in [0, 0.05) is 12.6 Å². The predicted octanol–water partition coefficient (Wildman–Crippen LogP) is 3.68. The van der Waals surface area contributed by atoms with E-state index in [2.05, 4.69) is 0 Å². The molecule has 2 amide bonds. The Morgan fingerprint density at radius 1 is 1.17 bits per heavy atom. The third-order valence-corrected chi connectivity index (χ3v) is 4.89. The normalized spacial score (nSPS) is 22.3. The van der Waals surface area contributed by atoms with Crippen molar-refractivity contribution < 1.29 is 14.0 Å². The van der Waals surface area contributed by atoms with Crippen molar-refractivity contribution in [1.82, 2.24) is 4.90 Å². The summed E-state index contributed by atoms with van der Waals surface area (Å²) in [5.74, 6) is -1.71. The Balaban J connectivity index is 1.96. The third-order valence-electron chi connectivity index (χ3n) is 4.26. The number of benzene rings is 1. The molecule has 0 saturated carbocycles. The Hall–Kier alpha value is -1.59. The van der Waals surface area contributed by atoms with Crippen LogP contribution in [0.1, 0.15) is 26.2 Å². The minimum Gasteiger partial charge on any atom is -0.363 e. The van der Waals surface area contributed by atoms with Crippen LogP contribution in [-0.4, -0.2) is 29.3 Å². The number of likely N-dealkylation sites (tertiary alicyclic amines) is 1. The van der Waals surface area contributed by atoms with Gasteiger partial charge in [-0.1, -0.05) is 23.2 Å². The highest BCUT2D eigenvalue weighted by molar-refractivity contribution is 6.52. The van der Waals surface area contributed by atoms with E-state index in [9.17, 15) is 14.0 Å². The Morgan fingerprint density at radius 3 is 2.57 bits per heavy atom. The zero-order chi connectivity index (χ0) is 16.7. The number of carbonyl (C=O) groups is 2. The van der Waals surface area contributed by atoms with Gasteiger partial charge in [0.1, 0.15) is 16.5 Å². The van der Waals surface area contributed by atoms with Gasteiger partial charge in [0.2, 0.25) is 0 Å². The van der Waals surface area contributed by atoms with Crippen molar-refractivity contribution in [3.8, 4) is 0 Å². The Labute approximate surface area is 143 Å². The van der Waals surface area contributed by atoms with Gasteiger partial charge >= 0.3 is 0 Å². The summed E-state index contributed by atoms with van der Waals surface area (Å²) in [5, 5.41) is -0.247. The smallest absolute Gasteiger partial charge is 0.283 e. The van der Waals surface area contributed by atoms with Gasteiger partial charge in [0.05, 0.1) is 10.7 Å². The molecule has 23 heavy (non-hydrogen) atoms. The lowest BCUT2D eigenvalue weighted by Gasteiger charge is -2.35. The van der Waals surface area contributed by atoms with Crippen LogP contribution in [-0.2, 0) is 9.59 Å². The van der Waals surface area contributed by atoms with Crippen molar-refractivity contribution in [2.24, 2.45) is 0 Å². The average Bonchev–Trinajstić information content (AvgIpc) is 2.73. The fraction of sp³-hybridized carbons (Fsp3) is 0.375. The van der Waals surface area contributed by atoms with Crippen molar-refractivity contribution in [3.63, 3.8) is 0 Å². The van der Waals surface area contributed by atoms with E-state index in [0.717, 1.165) is 30.2 Å². The molecular formula is C16H15Cl2FN2O2. The molecule has 1 aromatic rings. The monoisotopic (exact) mass is 356 g/mol. The molecule has 4 nitrogen and oxygen atoms in total. The molecule has 1 saturated heterocycles. The molecule has 1 unspecified atom stereocenters. The molecule has 0 aromatic heterocycles. The molecule has 1 aromatic carbocycles. The van der Waals surface area contributed by atoms with Gasteiger partial charge in [0.15, 0.2) is 0 Å². The van der Waals surface area contributed by atoms with E-state index >= 15 is 0 Å². The van der Waals surface area contributed by atoms with Gasteiger partial charge in [0.25, 0.3) is 11.8 Å². The number of carbonyl (C=O) groups excluding carboxylic acids is 2. The number of piperidine rings is 1. The first kappa shape index (κ1) is 16.3. The van der Waals surface area contributed by atoms with E-state index in [1.165, 1.54) is 12.1 Å². The molecule has 0 aliphatic carbocycles. The summed E-state index contributed by atoms with van der Waals surface area (Å²) in [5.41, 5.74) is 0.438. The largest absolute Gasteiger partial charge is 0.363 e. The molecule has 1 fully saturated rings. The van der Waals surface area contributed by atoms with Crippen molar-refractivity contribution in [2.75, 3.05) is 11.4 Å². The number of halogens is 3. The van der Waals surface area contributed by atoms with Gasteiger partial charge in [-0.25, -0.2) is 9.29 Å². The second-order valence-corrected chi connectivity index (χ2v) is 6.53. The van der Waals surface area contributed by atoms with E-state index < -0.39 is 17.6 Å². The number of nitrogens with zero attached hydrogens (tertiary/aromatic N) is 2. The molecule has 7 heteroatoms. The maximum Gasteiger partial charge on any atom is 0.283 e. The fourth-order valence-electron chi connectivity index (χ4n) is 3.03. The molecule has 0 bridgehead atoms. The highest BCUT2D eigenvalue weighted by Crippen LogP contribution is 2.35. The molecule has 1 atom stereocenters. The molecule has 122 valence electrons. The number of amides is 2. The summed E-state index contributed by atoms with van der Waals surface area (Å²) >= 11 is 11.9. The van der Waals surface area contributed by atoms with Crippen LogP contribution in [0.3, 0.4) is 0 Å². The first-order valence-electron chi connectivity index (χ1n) is 7.42. The predicted molar refractivity (Wildman–Crippen MR) is 86.8 cm³/mol. The van der Waals surface area contributed by atoms with Crippen LogP contribution < -0.4 is 4.90 Å². The van der Waals surface area contributed by atoms with E-state index in [4.69, 9.17) is 23.2 Å². The van der Waals surface area contributed by atoms with Gasteiger partial charge in [-0.05, 0) is 44.4 Å². The number of hydrogen-bond acceptors (Lipinski definition) is 3. The topological polar surface area (TPSA) is 40.6 Å². The average molecular weight is 357 g/mol. The molecule has 2 heterocycles. The zero-order valence-corrected chi connectivity index (χ0v) is 14.0. The maximum atomic E-state index is 13.3. The summed E-state index contributed by atoms with van der Waals surface area (Å²) in [4.78, 5) is 28.0. The number of anilines is 1. The van der Waals surface area contributed by atoms with Gasteiger partial charge in [-0.15, -0.1) is 0 Å². The summed E-state index contributed by atoms with van der Waals surface area (Å²) in [6.45, 7) is 2.69. The van der Waals surface area contributed by atoms with Crippen LogP contribution >= 0.6 is 23.2 Å². The minimum atomic E-state index is -0.613. The molecule has 0 radical (unpaired) electrons. The number of imide groups is 1. The van der Waals surface area contributed by atoms with Crippen LogP contribution in [0.15, 0.2) is 28.9 Å². The lowest BCUT2D eigenvalue weighted by Crippen LogP contribution is -2.41. The second-order valence-electron chi connectivity index (χ2n) is 5.74. The molecule has 2 aliphatic rings. The van der Waals surface area contributed by atoms with Crippen molar-refractivity contribution in [3.05, 3.63) is 39.8 Å². The van der Waals surface area contributed by atoms with E-state index in [-0.39, 0.29) is 27.5 Å². The van der Waals surface area contributed by atoms with Gasteiger partial charge in [-0.3, -0.25) is 9.59 Å². The Bertz CT molecular complexity index is 720. The van der Waals surface area contributed by atoms with Crippen LogP contribution in [0.5, 0.6) is 0 Å². The third kappa shape index (κ3) is 2.72. The lowest BCUT2D eigenvalue weighted by atomic mass is 10.0. The minimum absolute atomic E-state index is 0.0933. The van der Waals surface area contributed by atoms with Crippen LogP contribution in [0.2, 0.25) is 5.02 Å². The van der Waals surface area contributed by atoms with Gasteiger partial charge in [-0.2, -0.15) is 0 Å². The van der Waals surface area contributed by atoms with Crippen molar-refractivity contribution in [2.45, 2.75) is 32.2 Å². The summed E-state index contributed by atoms with van der Waals surface area (Å²) in [6.07, 6.45) is 2.97. The SMILES string of the molecule is CC1CCCCN1C1=C(Cl)C(=O)N(c2ccc(F)c(Cl)c2)C1=O. The Kier molecular flexibility index (Phi) is 4.34. The van der Waals surface area contributed by atoms with Crippen LogP contribution in [0.4, 0.5) is 10.1 Å². The molecule has 0 N–H and O–H groups in total. The highest BCUT2D eigenvalue weighted by Gasteiger charge is 2.42. The van der Waals surface area contributed by atoms with Gasteiger partial charge < -0.3 is 4.90 Å². The van der Waals surface area contributed by atoms with E-state index in [1.807, 2.05) is 11.8 Å². The number of rotatable bonds is 2. The molecule has 0 spiro atoms. The maximum absolute atomic E-state index is 13.3. The quantitative estimate of drug-likeness (QED) is 0.759. The Morgan fingerprint density at radius 2 is 1.91 bits per heavy atom. The van der Waals surface area contributed by atoms with Crippen molar-refractivity contribution >= 4 is 40.7 Å². The van der Waals surface area contributed by atoms with E-state index in [1.54, 1.807) is 0 Å².